The van der Waals surface area contributed by atoms with Gasteiger partial charge >= 0.3 is 5.97 Å². The number of carbonyl (C=O) groups excluding carboxylic acids is 1. The van der Waals surface area contributed by atoms with E-state index in [4.69, 9.17) is 15.6 Å². The molecule has 1 aromatic rings. The molecule has 7 heteroatoms. The topological polar surface area (TPSA) is 122 Å². The number of phenolic OH excluding ortho intramolecular Hbond substituents is 1. The highest BCUT2D eigenvalue weighted by Gasteiger charge is 2.16. The minimum Gasteiger partial charge on any atom is -0.508 e. The van der Waals surface area contributed by atoms with Crippen molar-refractivity contribution in [2.24, 2.45) is 5.73 Å². The number of hydrogen-bond acceptors (Lipinski definition) is 5. The van der Waals surface area contributed by atoms with E-state index in [2.05, 4.69) is 5.32 Å². The molecule has 5 N–H and O–H groups in total. The number of methoxy groups -OCH3 is 1. The highest BCUT2D eigenvalue weighted by molar-refractivity contribution is 6.00. The van der Waals surface area contributed by atoms with Crippen molar-refractivity contribution in [2.75, 3.05) is 19.0 Å². The van der Waals surface area contributed by atoms with E-state index in [9.17, 15) is 14.7 Å². The van der Waals surface area contributed by atoms with Crippen LogP contribution in [0.2, 0.25) is 0 Å². The molecule has 0 aliphatic heterocycles. The van der Waals surface area contributed by atoms with E-state index >= 15 is 0 Å². The average Bonchev–Trinajstić information content (AvgIpc) is 2.37. The molecule has 0 fully saturated rings. The Morgan fingerprint density at radius 3 is 2.68 bits per heavy atom. The van der Waals surface area contributed by atoms with Crippen LogP contribution in [0.5, 0.6) is 5.75 Å². The van der Waals surface area contributed by atoms with Crippen LogP contribution in [-0.2, 0) is 9.53 Å². The number of ether oxygens (including phenoxy) is 1. The van der Waals surface area contributed by atoms with Crippen LogP contribution in [-0.4, -0.2) is 41.8 Å². The molecule has 1 aromatic carbocycles. The van der Waals surface area contributed by atoms with Gasteiger partial charge in [0.25, 0.3) is 0 Å². The van der Waals surface area contributed by atoms with Gasteiger partial charge in [-0.15, -0.1) is 0 Å². The molecule has 0 heterocycles. The van der Waals surface area contributed by atoms with Crippen molar-refractivity contribution in [3.63, 3.8) is 0 Å². The average molecular weight is 268 g/mol. The number of anilines is 1. The summed E-state index contributed by atoms with van der Waals surface area (Å²) in [4.78, 5) is 22.7. The minimum atomic E-state index is -1.24. The molecule has 0 aliphatic rings. The van der Waals surface area contributed by atoms with E-state index in [-0.39, 0.29) is 30.0 Å². The number of amides is 1. The molecule has 104 valence electrons. The smallest absolute Gasteiger partial charge is 0.337 e. The Hall–Kier alpha value is -2.12. The first-order valence-electron chi connectivity index (χ1n) is 5.57. The van der Waals surface area contributed by atoms with E-state index < -0.39 is 18.0 Å². The second-order valence-corrected chi connectivity index (χ2v) is 3.88. The fraction of sp³-hybridized carbons (Fsp3) is 0.333. The van der Waals surface area contributed by atoms with Crippen molar-refractivity contribution in [2.45, 2.75) is 12.5 Å². The molecule has 19 heavy (non-hydrogen) atoms. The van der Waals surface area contributed by atoms with Gasteiger partial charge in [0, 0.05) is 13.7 Å². The number of benzene rings is 1. The van der Waals surface area contributed by atoms with Crippen molar-refractivity contribution in [3.05, 3.63) is 23.8 Å². The number of carboxylic acid groups (broad SMARTS) is 1. The van der Waals surface area contributed by atoms with Crippen LogP contribution in [0.1, 0.15) is 16.8 Å². The lowest BCUT2D eigenvalue weighted by atomic mass is 10.1. The number of carbonyl (C=O) groups is 2. The first kappa shape index (κ1) is 14.9. The van der Waals surface area contributed by atoms with E-state index in [1.165, 1.54) is 19.2 Å². The molecular weight excluding hydrogens is 252 g/mol. The summed E-state index contributed by atoms with van der Waals surface area (Å²) in [5.74, 6) is -1.84. The van der Waals surface area contributed by atoms with Crippen LogP contribution in [0.4, 0.5) is 5.69 Å². The second kappa shape index (κ2) is 6.72. The number of rotatable bonds is 6. The summed E-state index contributed by atoms with van der Waals surface area (Å²) in [6.45, 7) is 0.186. The Bertz CT molecular complexity index is 471. The fourth-order valence-electron chi connectivity index (χ4n) is 1.49. The Morgan fingerprint density at radius 1 is 1.47 bits per heavy atom. The lowest BCUT2D eigenvalue weighted by Gasteiger charge is -2.13. The molecular formula is C12H16N2O5. The van der Waals surface area contributed by atoms with Gasteiger partial charge in [-0.1, -0.05) is 0 Å². The van der Waals surface area contributed by atoms with Crippen LogP contribution in [0.25, 0.3) is 0 Å². The van der Waals surface area contributed by atoms with Crippen molar-refractivity contribution >= 4 is 17.6 Å². The Balaban J connectivity index is 2.82. The van der Waals surface area contributed by atoms with Gasteiger partial charge in [0.05, 0.1) is 23.8 Å². The van der Waals surface area contributed by atoms with E-state index in [0.29, 0.717) is 0 Å². The summed E-state index contributed by atoms with van der Waals surface area (Å²) in [6.07, 6.45) is -0.405. The van der Waals surface area contributed by atoms with Crippen LogP contribution in [0, 0.1) is 0 Å². The van der Waals surface area contributed by atoms with E-state index in [0.717, 1.165) is 6.07 Å². The minimum absolute atomic E-state index is 0.0208. The quantitative estimate of drug-likeness (QED) is 0.554. The molecule has 7 nitrogen and oxygen atoms in total. The lowest BCUT2D eigenvalue weighted by Crippen LogP contribution is -2.28. The third kappa shape index (κ3) is 4.23. The molecule has 0 radical (unpaired) electrons. The zero-order valence-corrected chi connectivity index (χ0v) is 10.4. The molecule has 0 bridgehead atoms. The van der Waals surface area contributed by atoms with Crippen LogP contribution >= 0.6 is 0 Å². The second-order valence-electron chi connectivity index (χ2n) is 3.88. The fourth-order valence-corrected chi connectivity index (χ4v) is 1.49. The standard InChI is InChI=1S/C12H16N2O5/c1-19-8(6-13)5-11(16)14-10-3-2-7(15)4-9(10)12(17)18/h2-4,8,15H,5-6,13H2,1H3,(H,14,16)(H,17,18). The summed E-state index contributed by atoms with van der Waals surface area (Å²) in [5.41, 5.74) is 5.32. The normalized spacial score (nSPS) is 11.9. The molecule has 0 aromatic heterocycles. The first-order chi connectivity index (χ1) is 8.97. The van der Waals surface area contributed by atoms with Gasteiger partial charge in [0.1, 0.15) is 5.75 Å². The summed E-state index contributed by atoms with van der Waals surface area (Å²) >= 11 is 0. The van der Waals surface area contributed by atoms with Gasteiger partial charge in [0.15, 0.2) is 0 Å². The van der Waals surface area contributed by atoms with Gasteiger partial charge in [-0.05, 0) is 18.2 Å². The summed E-state index contributed by atoms with van der Waals surface area (Å²) in [6, 6.07) is 3.68. The third-order valence-corrected chi connectivity index (χ3v) is 2.52. The van der Waals surface area contributed by atoms with Gasteiger partial charge in [-0.2, -0.15) is 0 Å². The van der Waals surface area contributed by atoms with Crippen molar-refractivity contribution in [3.8, 4) is 5.75 Å². The molecule has 1 atom stereocenters. The van der Waals surface area contributed by atoms with Gasteiger partial charge < -0.3 is 26.0 Å². The zero-order chi connectivity index (χ0) is 14.4. The predicted octanol–water partition coefficient (Wildman–Crippen LogP) is 0.393. The Kier molecular flexibility index (Phi) is 5.28. The number of aromatic hydroxyl groups is 1. The number of nitrogens with two attached hydrogens (primary N) is 1. The monoisotopic (exact) mass is 268 g/mol. The highest BCUT2D eigenvalue weighted by atomic mass is 16.5. The first-order valence-corrected chi connectivity index (χ1v) is 5.57. The highest BCUT2D eigenvalue weighted by Crippen LogP contribution is 2.21. The summed E-state index contributed by atoms with van der Waals surface area (Å²) in [5, 5.41) is 20.7. The number of nitrogens with one attached hydrogen (secondary N) is 1. The maximum absolute atomic E-state index is 11.7. The molecule has 1 rings (SSSR count). The molecule has 0 saturated heterocycles. The van der Waals surface area contributed by atoms with Crippen molar-refractivity contribution in [1.29, 1.82) is 0 Å². The maximum atomic E-state index is 11.7. The molecule has 0 spiro atoms. The van der Waals surface area contributed by atoms with Crippen LogP contribution < -0.4 is 11.1 Å². The number of phenols is 1. The van der Waals surface area contributed by atoms with Crippen LogP contribution in [0.3, 0.4) is 0 Å². The van der Waals surface area contributed by atoms with E-state index in [1.807, 2.05) is 0 Å². The predicted molar refractivity (Wildman–Crippen MR) is 68.2 cm³/mol. The van der Waals surface area contributed by atoms with Gasteiger partial charge in [-0.25, -0.2) is 4.79 Å². The Labute approximate surface area is 110 Å². The van der Waals surface area contributed by atoms with Gasteiger partial charge in [-0.3, -0.25) is 4.79 Å². The van der Waals surface area contributed by atoms with E-state index in [1.54, 1.807) is 0 Å². The summed E-state index contributed by atoms with van der Waals surface area (Å²) < 4.78 is 4.96. The Morgan fingerprint density at radius 2 is 2.16 bits per heavy atom. The zero-order valence-electron chi connectivity index (χ0n) is 10.4. The van der Waals surface area contributed by atoms with Gasteiger partial charge in [0.2, 0.25) is 5.91 Å². The lowest BCUT2D eigenvalue weighted by molar-refractivity contribution is -0.118. The molecule has 0 aliphatic carbocycles. The van der Waals surface area contributed by atoms with Crippen molar-refractivity contribution < 1.29 is 24.5 Å². The largest absolute Gasteiger partial charge is 0.508 e. The molecule has 1 unspecified atom stereocenters. The molecule has 1 amide bonds. The SMILES string of the molecule is COC(CN)CC(=O)Nc1ccc(O)cc1C(=O)O. The molecule has 0 saturated carbocycles. The van der Waals surface area contributed by atoms with Crippen molar-refractivity contribution in [1.82, 2.24) is 0 Å². The third-order valence-electron chi connectivity index (χ3n) is 2.52. The number of carboxylic acids is 1. The maximum Gasteiger partial charge on any atom is 0.337 e. The summed E-state index contributed by atoms with van der Waals surface area (Å²) in [7, 11) is 1.44. The van der Waals surface area contributed by atoms with Crippen LogP contribution in [0.15, 0.2) is 18.2 Å². The number of hydrogen-bond donors (Lipinski definition) is 4. The number of aromatic carboxylic acids is 1.